The first kappa shape index (κ1) is 28.8. The molecule has 1 aliphatic heterocycles. The van der Waals surface area contributed by atoms with Gasteiger partial charge in [0.15, 0.2) is 0 Å². The summed E-state index contributed by atoms with van der Waals surface area (Å²) < 4.78 is 5.80. The third-order valence-electron chi connectivity index (χ3n) is 9.57. The van der Waals surface area contributed by atoms with Gasteiger partial charge in [-0.1, -0.05) is 97.6 Å². The van der Waals surface area contributed by atoms with Gasteiger partial charge in [-0.15, -0.1) is 11.3 Å². The van der Waals surface area contributed by atoms with Crippen molar-refractivity contribution < 1.29 is 0 Å². The Morgan fingerprint density at radius 2 is 1.43 bits per heavy atom. The Morgan fingerprint density at radius 3 is 2.14 bits per heavy atom. The van der Waals surface area contributed by atoms with E-state index in [2.05, 4.69) is 155 Å². The lowest BCUT2D eigenvalue weighted by Crippen LogP contribution is -2.08. The molecule has 1 aliphatic rings. The van der Waals surface area contributed by atoms with Crippen LogP contribution >= 0.6 is 11.3 Å². The normalized spacial score (nSPS) is 12.6. The van der Waals surface area contributed by atoms with E-state index in [-0.39, 0.29) is 0 Å². The first-order chi connectivity index (χ1) is 24.2. The minimum absolute atomic E-state index is 0.622. The number of aromatic nitrogens is 2. The first-order valence-electron chi connectivity index (χ1n) is 16.3. The van der Waals surface area contributed by atoms with Crippen molar-refractivity contribution in [2.24, 2.45) is 0 Å². The number of nitrogens with one attached hydrogen (secondary N) is 1. The average Bonchev–Trinajstić information content (AvgIpc) is 3.67. The minimum atomic E-state index is 0.622. The Hall–Kier alpha value is -6.35. The van der Waals surface area contributed by atoms with Crippen LogP contribution in [0.25, 0.3) is 83.5 Å². The zero-order chi connectivity index (χ0) is 33.1. The molecule has 0 amide bonds. The summed E-state index contributed by atoms with van der Waals surface area (Å²) in [5, 5.41) is 19.2. The van der Waals surface area contributed by atoms with E-state index in [0.717, 1.165) is 55.7 Å². The van der Waals surface area contributed by atoms with Crippen molar-refractivity contribution in [3.05, 3.63) is 162 Å². The highest BCUT2D eigenvalue weighted by Crippen LogP contribution is 2.43. The molecule has 0 radical (unpaired) electrons. The molecule has 9 rings (SSSR count). The van der Waals surface area contributed by atoms with Crippen LogP contribution in [0, 0.1) is 18.3 Å². The van der Waals surface area contributed by atoms with E-state index < -0.39 is 0 Å². The third kappa shape index (κ3) is 4.35. The van der Waals surface area contributed by atoms with Crippen LogP contribution in [0.3, 0.4) is 0 Å². The van der Waals surface area contributed by atoms with E-state index in [4.69, 9.17) is 0 Å². The van der Waals surface area contributed by atoms with E-state index in [9.17, 15) is 5.26 Å². The fraction of sp³-hybridized carbons (Fsp3) is 0.0227. The van der Waals surface area contributed by atoms with Gasteiger partial charge in [-0.3, -0.25) is 0 Å². The minimum Gasteiger partial charge on any atom is -0.368 e. The number of aryl methyl sites for hydroxylation is 1. The average molecular weight is 647 g/mol. The van der Waals surface area contributed by atoms with Crippen LogP contribution in [-0.4, -0.2) is 9.13 Å². The summed E-state index contributed by atoms with van der Waals surface area (Å²) in [6.45, 7) is 6.01. The van der Waals surface area contributed by atoms with E-state index in [1.807, 2.05) is 24.6 Å². The molecule has 0 spiro atoms. The Balaban J connectivity index is 1.42. The number of fused-ring (bicyclic) bond motifs is 7. The van der Waals surface area contributed by atoms with Gasteiger partial charge in [-0.25, -0.2) is 0 Å². The third-order valence-corrected chi connectivity index (χ3v) is 10.7. The van der Waals surface area contributed by atoms with Crippen LogP contribution in [0.1, 0.15) is 27.3 Å². The largest absolute Gasteiger partial charge is 0.368 e. The fourth-order valence-electron chi connectivity index (χ4n) is 7.48. The molecule has 0 saturated heterocycles. The van der Waals surface area contributed by atoms with Crippen LogP contribution in [0.5, 0.6) is 0 Å². The first-order valence-corrected chi connectivity index (χ1v) is 17.1. The van der Waals surface area contributed by atoms with Crippen molar-refractivity contribution >= 4 is 72.4 Å². The second kappa shape index (κ2) is 11.4. The molecular weight excluding hydrogens is 617 g/mol. The van der Waals surface area contributed by atoms with Gasteiger partial charge in [0.2, 0.25) is 0 Å². The van der Waals surface area contributed by atoms with Crippen molar-refractivity contribution in [2.75, 3.05) is 0 Å². The number of hydrogen-bond acceptors (Lipinski definition) is 3. The number of nitrogens with zero attached hydrogens (tertiary/aromatic N) is 3. The fourth-order valence-corrected chi connectivity index (χ4v) is 8.57. The summed E-state index contributed by atoms with van der Waals surface area (Å²) >= 11 is 1.78. The number of thiophene rings is 1. The second-order valence-corrected chi connectivity index (χ2v) is 13.5. The molecule has 0 fully saturated rings. The number of allylic oxidation sites excluding steroid dienone is 2. The molecule has 0 saturated carbocycles. The highest BCUT2D eigenvalue weighted by molar-refractivity contribution is 7.19. The molecule has 1 N–H and O–H groups in total. The molecule has 49 heavy (non-hydrogen) atoms. The molecule has 0 aliphatic carbocycles. The van der Waals surface area contributed by atoms with Gasteiger partial charge in [-0.05, 0) is 65.9 Å². The van der Waals surface area contributed by atoms with Gasteiger partial charge in [0, 0.05) is 49.3 Å². The van der Waals surface area contributed by atoms with Gasteiger partial charge in [-0.2, -0.15) is 5.26 Å². The number of hydrogen-bond donors (Lipinski definition) is 1. The summed E-state index contributed by atoms with van der Waals surface area (Å²) in [5.74, 6) is 0. The standard InChI is InChI=1S/C44H30N4S/c1-3-4-11-30-28(2)49-43-26-29(18-19-36(30)43)31-20-21-42(47-38-15-8-5-12-32(38)33-13-6-9-16-39(33)47)44(37(31)27-45)48-40-17-10-7-14-34(40)35-22-24-46-25-23-41(35)48/h3-26,46H,1H2,2H3/b11-4-. The topological polar surface area (TPSA) is 45.7 Å². The quantitative estimate of drug-likeness (QED) is 0.189. The van der Waals surface area contributed by atoms with Gasteiger partial charge in [0.05, 0.1) is 39.2 Å². The Labute approximate surface area is 288 Å². The molecule has 5 aromatic carbocycles. The lowest BCUT2D eigenvalue weighted by Gasteiger charge is -2.21. The molecule has 0 bridgehead atoms. The summed E-state index contributed by atoms with van der Waals surface area (Å²) in [6.07, 6.45) is 14.1. The van der Waals surface area contributed by atoms with Crippen LogP contribution in [0.15, 0.2) is 134 Å². The molecule has 4 heterocycles. The molecule has 8 aromatic rings. The predicted molar refractivity (Wildman–Crippen MR) is 208 cm³/mol. The lowest BCUT2D eigenvalue weighted by molar-refractivity contribution is 1.05. The smallest absolute Gasteiger partial charge is 0.102 e. The highest BCUT2D eigenvalue weighted by atomic mass is 32.1. The van der Waals surface area contributed by atoms with Gasteiger partial charge >= 0.3 is 0 Å². The van der Waals surface area contributed by atoms with Gasteiger partial charge in [0.25, 0.3) is 0 Å². The molecule has 4 nitrogen and oxygen atoms in total. The zero-order valence-corrected chi connectivity index (χ0v) is 27.6. The van der Waals surface area contributed by atoms with Crippen LogP contribution in [0.4, 0.5) is 0 Å². The van der Waals surface area contributed by atoms with Gasteiger partial charge in [0.1, 0.15) is 6.07 Å². The van der Waals surface area contributed by atoms with Crippen molar-refractivity contribution in [3.63, 3.8) is 0 Å². The highest BCUT2D eigenvalue weighted by Gasteiger charge is 2.26. The van der Waals surface area contributed by atoms with E-state index in [0.29, 0.717) is 5.56 Å². The Morgan fingerprint density at radius 1 is 0.755 bits per heavy atom. The van der Waals surface area contributed by atoms with E-state index in [1.165, 1.54) is 31.3 Å². The van der Waals surface area contributed by atoms with Crippen molar-refractivity contribution in [3.8, 4) is 28.6 Å². The van der Waals surface area contributed by atoms with Crippen molar-refractivity contribution in [1.29, 1.82) is 5.26 Å². The maximum absolute atomic E-state index is 11.3. The molecule has 3 aromatic heterocycles. The summed E-state index contributed by atoms with van der Waals surface area (Å²) in [5.41, 5.74) is 10.9. The van der Waals surface area contributed by atoms with Crippen LogP contribution < -0.4 is 5.32 Å². The number of benzene rings is 5. The SMILES string of the molecule is C=C/C=C\c1c(C)sc2cc(-c3ccc(-n4c5ccccc5c5ccccc54)c(-n4c5c(c6ccccc64)C=CNC=C5)c3C#N)ccc12. The molecule has 0 atom stereocenters. The molecule has 5 heteroatoms. The number of rotatable bonds is 5. The number of nitriles is 1. The van der Waals surface area contributed by atoms with Crippen molar-refractivity contribution in [1.82, 2.24) is 14.5 Å². The van der Waals surface area contributed by atoms with E-state index >= 15 is 0 Å². The monoisotopic (exact) mass is 646 g/mol. The second-order valence-electron chi connectivity index (χ2n) is 12.2. The van der Waals surface area contributed by atoms with Crippen LogP contribution in [0.2, 0.25) is 0 Å². The predicted octanol–water partition coefficient (Wildman–Crippen LogP) is 11.5. The molecular formula is C44H30N4S. The number of para-hydroxylation sites is 3. The summed E-state index contributed by atoms with van der Waals surface area (Å²) in [6, 6.07) is 39.2. The molecule has 0 unspecified atom stereocenters. The summed E-state index contributed by atoms with van der Waals surface area (Å²) in [7, 11) is 0. The van der Waals surface area contributed by atoms with Crippen LogP contribution in [-0.2, 0) is 0 Å². The van der Waals surface area contributed by atoms with E-state index in [1.54, 1.807) is 11.3 Å². The lowest BCUT2D eigenvalue weighted by atomic mass is 9.96. The maximum atomic E-state index is 11.3. The van der Waals surface area contributed by atoms with Crippen molar-refractivity contribution in [2.45, 2.75) is 6.92 Å². The molecule has 232 valence electrons. The zero-order valence-electron chi connectivity index (χ0n) is 26.8. The maximum Gasteiger partial charge on any atom is 0.102 e. The summed E-state index contributed by atoms with van der Waals surface area (Å²) in [4.78, 5) is 1.25. The Kier molecular flexibility index (Phi) is 6.72. The Bertz CT molecular complexity index is 2740. The van der Waals surface area contributed by atoms with Gasteiger partial charge < -0.3 is 14.5 Å².